The van der Waals surface area contributed by atoms with Crippen molar-refractivity contribution in [1.29, 1.82) is 0 Å². The van der Waals surface area contributed by atoms with Crippen molar-refractivity contribution in [2.75, 3.05) is 46.4 Å². The maximum absolute atomic E-state index is 10.7. The number of piperazine rings is 1. The average molecular weight is 540 g/mol. The lowest BCUT2D eigenvalue weighted by Crippen LogP contribution is -2.50. The van der Waals surface area contributed by atoms with Gasteiger partial charge in [0.2, 0.25) is 0 Å². The van der Waals surface area contributed by atoms with Gasteiger partial charge in [-0.05, 0) is 34.9 Å². The highest BCUT2D eigenvalue weighted by Crippen LogP contribution is 2.29. The van der Waals surface area contributed by atoms with Gasteiger partial charge in [0.1, 0.15) is 24.2 Å². The highest BCUT2D eigenvalue weighted by atomic mass is 16.5. The van der Waals surface area contributed by atoms with Crippen LogP contribution in [0.3, 0.4) is 0 Å². The van der Waals surface area contributed by atoms with Crippen LogP contribution in [0.4, 0.5) is 0 Å². The maximum Gasteiger partial charge on any atom is 0.160 e. The van der Waals surface area contributed by atoms with E-state index in [9.17, 15) is 5.11 Å². The minimum absolute atomic E-state index is 0.232. The molecular formula is C33H37N3O4. The first kappa shape index (κ1) is 27.8. The molecule has 7 heteroatoms. The van der Waals surface area contributed by atoms with Gasteiger partial charge in [-0.2, -0.15) is 0 Å². The van der Waals surface area contributed by atoms with Gasteiger partial charge in [0.05, 0.1) is 12.6 Å². The van der Waals surface area contributed by atoms with E-state index in [1.54, 1.807) is 7.11 Å². The van der Waals surface area contributed by atoms with Crippen molar-refractivity contribution in [2.24, 2.45) is 0 Å². The van der Waals surface area contributed by atoms with Gasteiger partial charge in [0, 0.05) is 45.9 Å². The minimum atomic E-state index is -0.571. The summed E-state index contributed by atoms with van der Waals surface area (Å²) < 4.78 is 16.3. The normalized spacial score (nSPS) is 15.6. The highest BCUT2D eigenvalue weighted by Gasteiger charge is 2.27. The predicted molar refractivity (Wildman–Crippen MR) is 157 cm³/mol. The van der Waals surface area contributed by atoms with Crippen LogP contribution in [0.1, 0.15) is 34.2 Å². The molecule has 1 fully saturated rings. The first-order chi connectivity index (χ1) is 19.7. The molecule has 208 valence electrons. The molecule has 1 N–H and O–H groups in total. The molecule has 0 radical (unpaired) electrons. The molecule has 5 rings (SSSR count). The van der Waals surface area contributed by atoms with E-state index in [-0.39, 0.29) is 12.6 Å². The number of β-amino-alcohol motifs (C(OH)–C–C–N with tert-alkyl or cyclic N) is 1. The van der Waals surface area contributed by atoms with E-state index in [2.05, 4.69) is 75.6 Å². The van der Waals surface area contributed by atoms with Crippen LogP contribution in [0.15, 0.2) is 95.5 Å². The highest BCUT2D eigenvalue weighted by molar-refractivity contribution is 5.68. The molecule has 0 saturated carbocycles. The molecule has 1 aliphatic rings. The number of benzene rings is 3. The molecule has 0 spiro atoms. The Hall–Kier alpha value is -3.75. The number of methoxy groups -OCH3 is 1. The first-order valence-corrected chi connectivity index (χ1v) is 13.8. The number of ether oxygens (including phenoxy) is 2. The summed E-state index contributed by atoms with van der Waals surface area (Å²) in [6, 6.07) is 31.3. The Labute approximate surface area is 236 Å². The van der Waals surface area contributed by atoms with Gasteiger partial charge in [0.15, 0.2) is 5.76 Å². The van der Waals surface area contributed by atoms with Crippen molar-refractivity contribution < 1.29 is 19.1 Å². The molecule has 1 aromatic heterocycles. The zero-order valence-electron chi connectivity index (χ0n) is 22.9. The van der Waals surface area contributed by atoms with Crippen molar-refractivity contribution in [3.8, 4) is 5.75 Å². The van der Waals surface area contributed by atoms with Crippen LogP contribution < -0.4 is 4.74 Å². The van der Waals surface area contributed by atoms with E-state index >= 15 is 0 Å². The summed E-state index contributed by atoms with van der Waals surface area (Å²) in [4.78, 5) is 4.87. The number of nitrogens with zero attached hydrogens (tertiary/aromatic N) is 3. The second kappa shape index (κ2) is 14.1. The smallest absolute Gasteiger partial charge is 0.160 e. The van der Waals surface area contributed by atoms with Gasteiger partial charge in [0.25, 0.3) is 0 Å². The summed E-state index contributed by atoms with van der Waals surface area (Å²) in [7, 11) is 1.63. The molecule has 4 aromatic rings. The van der Waals surface area contributed by atoms with Crippen LogP contribution in [-0.2, 0) is 11.3 Å². The van der Waals surface area contributed by atoms with Gasteiger partial charge >= 0.3 is 0 Å². The lowest BCUT2D eigenvalue weighted by molar-refractivity contribution is 0.0401. The summed E-state index contributed by atoms with van der Waals surface area (Å²) in [6.45, 7) is 4.93. The Kier molecular flexibility index (Phi) is 9.77. The third-order valence-electron chi connectivity index (χ3n) is 7.08. The van der Waals surface area contributed by atoms with Crippen molar-refractivity contribution in [3.63, 3.8) is 0 Å². The molecular weight excluding hydrogens is 502 g/mol. The van der Waals surface area contributed by atoms with Gasteiger partial charge in [-0.3, -0.25) is 9.80 Å². The van der Waals surface area contributed by atoms with Crippen LogP contribution >= 0.6 is 0 Å². The summed E-state index contributed by atoms with van der Waals surface area (Å²) in [6.07, 6.45) is 3.23. The van der Waals surface area contributed by atoms with Gasteiger partial charge < -0.3 is 19.1 Å². The molecule has 0 aliphatic carbocycles. The topological polar surface area (TPSA) is 71.2 Å². The molecule has 40 heavy (non-hydrogen) atoms. The second-order valence-corrected chi connectivity index (χ2v) is 10.1. The molecule has 7 nitrogen and oxygen atoms in total. The Morgan fingerprint density at radius 1 is 0.875 bits per heavy atom. The standard InChI is InChI=1S/C33H37N3O4/c1-38-24-29-22-32(40-34-29)16-15-26-9-8-14-31(21-26)39-25-30(37)23-35-17-19-36(20-18-35)33(27-10-4-2-5-11-27)28-12-6-3-7-13-28/h2-16,21-22,30,33,37H,17-20,23-25H2,1H3/b16-15+. The third kappa shape index (κ3) is 7.67. The van der Waals surface area contributed by atoms with Crippen LogP contribution in [0.25, 0.3) is 12.2 Å². The monoisotopic (exact) mass is 539 g/mol. The predicted octanol–water partition coefficient (Wildman–Crippen LogP) is 5.14. The fourth-order valence-corrected chi connectivity index (χ4v) is 5.14. The number of rotatable bonds is 12. The zero-order valence-corrected chi connectivity index (χ0v) is 22.9. The Bertz CT molecular complexity index is 1290. The maximum atomic E-state index is 10.7. The SMILES string of the molecule is COCc1cc(/C=C/c2cccc(OCC(O)CN3CCN(C(c4ccccc4)c4ccccc4)CC3)c2)on1. The quantitative estimate of drug-likeness (QED) is 0.267. The number of aliphatic hydroxyl groups is 1. The van der Waals surface area contributed by atoms with E-state index in [1.807, 2.05) is 42.5 Å². The average Bonchev–Trinajstić information content (AvgIpc) is 3.45. The van der Waals surface area contributed by atoms with Crippen molar-refractivity contribution in [2.45, 2.75) is 18.8 Å². The fraction of sp³-hybridized carbons (Fsp3) is 0.303. The van der Waals surface area contributed by atoms with E-state index in [0.717, 1.165) is 43.2 Å². The Morgan fingerprint density at radius 2 is 1.57 bits per heavy atom. The summed E-state index contributed by atoms with van der Waals surface area (Å²) in [5.41, 5.74) is 4.34. The van der Waals surface area contributed by atoms with Gasteiger partial charge in [-0.15, -0.1) is 0 Å². The third-order valence-corrected chi connectivity index (χ3v) is 7.08. The Morgan fingerprint density at radius 3 is 2.25 bits per heavy atom. The van der Waals surface area contributed by atoms with Crippen LogP contribution in [-0.4, -0.2) is 72.6 Å². The van der Waals surface area contributed by atoms with E-state index in [1.165, 1.54) is 11.1 Å². The summed E-state index contributed by atoms with van der Waals surface area (Å²) in [5.74, 6) is 1.38. The molecule has 1 unspecified atom stereocenters. The second-order valence-electron chi connectivity index (χ2n) is 10.1. The number of hydrogen-bond donors (Lipinski definition) is 1. The van der Waals surface area contributed by atoms with Crippen molar-refractivity contribution in [3.05, 3.63) is 119 Å². The summed E-state index contributed by atoms with van der Waals surface area (Å²) >= 11 is 0. The molecule has 1 saturated heterocycles. The fourth-order valence-electron chi connectivity index (χ4n) is 5.14. The first-order valence-electron chi connectivity index (χ1n) is 13.8. The molecule has 1 aliphatic heterocycles. The zero-order chi connectivity index (χ0) is 27.6. The largest absolute Gasteiger partial charge is 0.491 e. The van der Waals surface area contributed by atoms with E-state index in [0.29, 0.717) is 18.9 Å². The summed E-state index contributed by atoms with van der Waals surface area (Å²) in [5, 5.41) is 14.7. The molecule has 0 amide bonds. The number of aromatic nitrogens is 1. The number of hydrogen-bond acceptors (Lipinski definition) is 7. The van der Waals surface area contributed by atoms with Crippen molar-refractivity contribution >= 4 is 12.2 Å². The van der Waals surface area contributed by atoms with Crippen LogP contribution in [0, 0.1) is 0 Å². The van der Waals surface area contributed by atoms with Gasteiger partial charge in [-0.25, -0.2) is 0 Å². The van der Waals surface area contributed by atoms with E-state index < -0.39 is 6.10 Å². The van der Waals surface area contributed by atoms with Gasteiger partial charge in [-0.1, -0.05) is 84.0 Å². The lowest BCUT2D eigenvalue weighted by atomic mass is 9.96. The lowest BCUT2D eigenvalue weighted by Gasteiger charge is -2.40. The van der Waals surface area contributed by atoms with Crippen LogP contribution in [0.2, 0.25) is 0 Å². The molecule has 3 aromatic carbocycles. The Balaban J connectivity index is 1.10. The van der Waals surface area contributed by atoms with Crippen LogP contribution in [0.5, 0.6) is 5.75 Å². The number of aliphatic hydroxyl groups excluding tert-OH is 1. The molecule has 1 atom stereocenters. The molecule has 0 bridgehead atoms. The molecule has 2 heterocycles. The van der Waals surface area contributed by atoms with E-state index in [4.69, 9.17) is 14.0 Å². The minimum Gasteiger partial charge on any atom is -0.491 e. The van der Waals surface area contributed by atoms with Crippen molar-refractivity contribution in [1.82, 2.24) is 15.0 Å².